The van der Waals surface area contributed by atoms with E-state index in [-0.39, 0.29) is 11.8 Å². The Hall–Kier alpha value is -1.37. The van der Waals surface area contributed by atoms with Crippen molar-refractivity contribution in [1.82, 2.24) is 9.80 Å². The van der Waals surface area contributed by atoms with Crippen molar-refractivity contribution in [2.45, 2.75) is 45.1 Å². The van der Waals surface area contributed by atoms with Gasteiger partial charge in [0.05, 0.1) is 4.91 Å². The molecular weight excluding hydrogens is 400 g/mol. The summed E-state index contributed by atoms with van der Waals surface area (Å²) < 4.78 is 0.497. The average Bonchev–Trinajstić information content (AvgIpc) is 2.94. The van der Waals surface area contributed by atoms with Crippen molar-refractivity contribution in [3.8, 4) is 0 Å². The maximum absolute atomic E-state index is 12.7. The summed E-state index contributed by atoms with van der Waals surface area (Å²) in [5.41, 5.74) is 0.787. The number of thiocarbonyl (C=S) groups is 1. The lowest BCUT2D eigenvalue weighted by atomic mass is 9.99. The Labute approximate surface area is 174 Å². The van der Waals surface area contributed by atoms with Gasteiger partial charge in [-0.05, 0) is 43.4 Å². The van der Waals surface area contributed by atoms with Gasteiger partial charge in [0, 0.05) is 30.6 Å². The molecular formula is C20H23ClN2O2S2. The van der Waals surface area contributed by atoms with Crippen LogP contribution in [-0.4, -0.2) is 45.1 Å². The highest BCUT2D eigenvalue weighted by Crippen LogP contribution is 2.34. The van der Waals surface area contributed by atoms with Crippen LogP contribution in [0.25, 0.3) is 6.08 Å². The first-order valence-corrected chi connectivity index (χ1v) is 10.9. The third-order valence-electron chi connectivity index (χ3n) is 5.03. The van der Waals surface area contributed by atoms with Gasteiger partial charge in [-0.3, -0.25) is 14.5 Å². The van der Waals surface area contributed by atoms with Crippen LogP contribution < -0.4 is 0 Å². The van der Waals surface area contributed by atoms with Gasteiger partial charge in [0.1, 0.15) is 4.32 Å². The minimum Gasteiger partial charge on any atom is -0.340 e. The molecule has 1 aromatic rings. The topological polar surface area (TPSA) is 40.6 Å². The molecule has 7 heteroatoms. The van der Waals surface area contributed by atoms with Gasteiger partial charge in [0.15, 0.2) is 0 Å². The molecule has 2 aliphatic heterocycles. The van der Waals surface area contributed by atoms with Gasteiger partial charge in [0.2, 0.25) is 5.91 Å². The largest absolute Gasteiger partial charge is 0.340 e. The van der Waals surface area contributed by atoms with E-state index in [1.807, 2.05) is 23.1 Å². The smallest absolute Gasteiger partial charge is 0.266 e. The fourth-order valence-electron chi connectivity index (χ4n) is 3.53. The number of thioether (sulfide) groups is 1. The molecule has 0 spiro atoms. The summed E-state index contributed by atoms with van der Waals surface area (Å²) >= 11 is 12.8. The highest BCUT2D eigenvalue weighted by molar-refractivity contribution is 8.26. The molecule has 4 nitrogen and oxygen atoms in total. The van der Waals surface area contributed by atoms with Crippen molar-refractivity contribution in [3.63, 3.8) is 0 Å². The first-order valence-electron chi connectivity index (χ1n) is 9.30. The molecule has 1 unspecified atom stereocenters. The van der Waals surface area contributed by atoms with Crippen molar-refractivity contribution in [2.24, 2.45) is 0 Å². The molecule has 1 atom stereocenters. The van der Waals surface area contributed by atoms with Gasteiger partial charge in [-0.25, -0.2) is 0 Å². The summed E-state index contributed by atoms with van der Waals surface area (Å²) in [5.74, 6) is -0.0333. The number of likely N-dealkylation sites (tertiary alicyclic amines) is 1. The predicted molar refractivity (Wildman–Crippen MR) is 116 cm³/mol. The van der Waals surface area contributed by atoms with Gasteiger partial charge in [-0.1, -0.05) is 60.7 Å². The molecule has 0 bridgehead atoms. The summed E-state index contributed by atoms with van der Waals surface area (Å²) in [5, 5.41) is 0.591. The Balaban J connectivity index is 1.64. The van der Waals surface area contributed by atoms with Crippen LogP contribution in [0, 0.1) is 0 Å². The summed E-state index contributed by atoms with van der Waals surface area (Å²) in [4.78, 5) is 29.4. The number of hydrogen-bond donors (Lipinski definition) is 0. The zero-order valence-electron chi connectivity index (χ0n) is 15.3. The number of rotatable bonds is 5. The third kappa shape index (κ3) is 4.73. The fourth-order valence-corrected chi connectivity index (χ4v) is 5.02. The highest BCUT2D eigenvalue weighted by Gasteiger charge is 2.33. The lowest BCUT2D eigenvalue weighted by Gasteiger charge is -2.35. The molecule has 2 heterocycles. The van der Waals surface area contributed by atoms with E-state index in [0.29, 0.717) is 33.3 Å². The van der Waals surface area contributed by atoms with Crippen LogP contribution in [0.5, 0.6) is 0 Å². The van der Waals surface area contributed by atoms with Crippen molar-refractivity contribution in [3.05, 3.63) is 39.8 Å². The van der Waals surface area contributed by atoms with E-state index >= 15 is 0 Å². The lowest BCUT2D eigenvalue weighted by Crippen LogP contribution is -2.44. The molecule has 27 heavy (non-hydrogen) atoms. The molecule has 2 aliphatic rings. The number of carbonyl (C=O) groups is 2. The highest BCUT2D eigenvalue weighted by atomic mass is 35.5. The molecule has 144 valence electrons. The molecule has 0 N–H and O–H groups in total. The molecule has 1 aromatic carbocycles. The second-order valence-corrected chi connectivity index (χ2v) is 8.83. The molecule has 0 saturated carbocycles. The summed E-state index contributed by atoms with van der Waals surface area (Å²) in [6, 6.07) is 7.70. The normalized spacial score (nSPS) is 22.0. The average molecular weight is 423 g/mol. The molecule has 3 rings (SSSR count). The molecule has 0 radical (unpaired) electrons. The molecule has 2 fully saturated rings. The minimum atomic E-state index is -0.150. The number of hydrogen-bond acceptors (Lipinski definition) is 4. The molecule has 2 saturated heterocycles. The maximum Gasteiger partial charge on any atom is 0.266 e. The monoisotopic (exact) mass is 422 g/mol. The van der Waals surface area contributed by atoms with Gasteiger partial charge >= 0.3 is 0 Å². The second kappa shape index (κ2) is 9.22. The number of nitrogens with zero attached hydrogens (tertiary/aromatic N) is 2. The van der Waals surface area contributed by atoms with Crippen LogP contribution in [0.2, 0.25) is 5.02 Å². The van der Waals surface area contributed by atoms with Crippen molar-refractivity contribution in [2.75, 3.05) is 13.1 Å². The SMILES string of the molecule is CCC1CCCCN1C(=O)CCN1C(=O)/C(=C/c2ccccc2Cl)SC1=S. The minimum absolute atomic E-state index is 0.116. The Morgan fingerprint density at radius 3 is 2.89 bits per heavy atom. The van der Waals surface area contributed by atoms with Gasteiger partial charge < -0.3 is 4.90 Å². The maximum atomic E-state index is 12.7. The van der Waals surface area contributed by atoms with E-state index in [4.69, 9.17) is 23.8 Å². The lowest BCUT2D eigenvalue weighted by molar-refractivity contribution is -0.135. The van der Waals surface area contributed by atoms with Crippen LogP contribution in [0.1, 0.15) is 44.6 Å². The Morgan fingerprint density at radius 2 is 2.15 bits per heavy atom. The van der Waals surface area contributed by atoms with Crippen LogP contribution in [0.4, 0.5) is 0 Å². The van der Waals surface area contributed by atoms with E-state index in [1.54, 1.807) is 12.1 Å². The van der Waals surface area contributed by atoms with Gasteiger partial charge in [-0.2, -0.15) is 0 Å². The fraction of sp³-hybridized carbons (Fsp3) is 0.450. The van der Waals surface area contributed by atoms with E-state index in [0.717, 1.165) is 31.4 Å². The quantitative estimate of drug-likeness (QED) is 0.508. The Kier molecular flexibility index (Phi) is 6.95. The van der Waals surface area contributed by atoms with E-state index in [2.05, 4.69) is 6.92 Å². The standard InChI is InChI=1S/C20H23ClN2O2S2/c1-2-15-8-5-6-11-22(15)18(24)10-12-23-19(25)17(27-20(23)26)13-14-7-3-4-9-16(14)21/h3-4,7,9,13,15H,2,5-6,8,10-12H2,1H3/b17-13-. The summed E-state index contributed by atoms with van der Waals surface area (Å²) in [6.07, 6.45) is 6.37. The first-order chi connectivity index (χ1) is 13.0. The molecule has 2 amide bonds. The molecule has 0 aliphatic carbocycles. The number of halogens is 1. The summed E-state index contributed by atoms with van der Waals surface area (Å²) in [6.45, 7) is 3.27. The van der Waals surface area contributed by atoms with Crippen LogP contribution >= 0.6 is 35.6 Å². The number of amides is 2. The van der Waals surface area contributed by atoms with Crippen LogP contribution in [0.15, 0.2) is 29.2 Å². The first kappa shape index (κ1) is 20.4. The van der Waals surface area contributed by atoms with Crippen LogP contribution in [-0.2, 0) is 9.59 Å². The summed E-state index contributed by atoms with van der Waals surface area (Å²) in [7, 11) is 0. The zero-order chi connectivity index (χ0) is 19.4. The van der Waals surface area contributed by atoms with Gasteiger partial charge in [0.25, 0.3) is 5.91 Å². The van der Waals surface area contributed by atoms with E-state index in [1.165, 1.54) is 23.1 Å². The Bertz CT molecular complexity index is 781. The Morgan fingerprint density at radius 1 is 1.37 bits per heavy atom. The zero-order valence-corrected chi connectivity index (χ0v) is 17.7. The van der Waals surface area contributed by atoms with E-state index < -0.39 is 0 Å². The second-order valence-electron chi connectivity index (χ2n) is 6.75. The van der Waals surface area contributed by atoms with E-state index in [9.17, 15) is 9.59 Å². The number of benzene rings is 1. The van der Waals surface area contributed by atoms with Crippen molar-refractivity contribution in [1.29, 1.82) is 0 Å². The number of carbonyl (C=O) groups excluding carboxylic acids is 2. The van der Waals surface area contributed by atoms with Gasteiger partial charge in [-0.15, -0.1) is 0 Å². The number of piperidine rings is 1. The third-order valence-corrected chi connectivity index (χ3v) is 6.76. The van der Waals surface area contributed by atoms with Crippen molar-refractivity contribution < 1.29 is 9.59 Å². The van der Waals surface area contributed by atoms with Crippen molar-refractivity contribution >= 4 is 57.8 Å². The predicted octanol–water partition coefficient (Wildman–Crippen LogP) is 4.72. The van der Waals surface area contributed by atoms with Crippen LogP contribution in [0.3, 0.4) is 0 Å². The molecule has 0 aromatic heterocycles.